The van der Waals surface area contributed by atoms with Gasteiger partial charge in [0.2, 0.25) is 11.1 Å². The Morgan fingerprint density at radius 3 is 2.74 bits per heavy atom. The number of amides is 1. The number of carbonyl (C=O) groups excluding carboxylic acids is 1. The fourth-order valence-corrected chi connectivity index (χ4v) is 3.02. The number of nitrogens with zero attached hydrogens (tertiary/aromatic N) is 5. The van der Waals surface area contributed by atoms with Gasteiger partial charge in [0.15, 0.2) is 0 Å². The molecule has 2 aromatic carbocycles. The first-order chi connectivity index (χ1) is 13.1. The summed E-state index contributed by atoms with van der Waals surface area (Å²) in [6.45, 7) is 2.08. The maximum atomic E-state index is 12.1. The van der Waals surface area contributed by atoms with Crippen LogP contribution in [0.1, 0.15) is 12.5 Å². The number of nitro groups is 1. The standard InChI is InChI=1S/C17H16N6O3S/c1-2-12-6-8-14(9-7-12)22-17(19-20-21-22)27-11-16(24)18-13-4-3-5-15(10-13)23(25)26/h3-10H,2,11H2,1H3,(H,18,24). The van der Waals surface area contributed by atoms with E-state index < -0.39 is 4.92 Å². The summed E-state index contributed by atoms with van der Waals surface area (Å²) in [5.41, 5.74) is 2.29. The fraction of sp³-hybridized carbons (Fsp3) is 0.176. The van der Waals surface area contributed by atoms with Gasteiger partial charge in [-0.3, -0.25) is 14.9 Å². The third-order valence-corrected chi connectivity index (χ3v) is 4.62. The van der Waals surface area contributed by atoms with E-state index in [4.69, 9.17) is 0 Å². The summed E-state index contributed by atoms with van der Waals surface area (Å²) in [5, 5.41) is 25.5. The van der Waals surface area contributed by atoms with Crippen molar-refractivity contribution >= 4 is 29.0 Å². The number of aryl methyl sites for hydroxylation is 1. The molecule has 0 saturated carbocycles. The van der Waals surface area contributed by atoms with Crippen LogP contribution >= 0.6 is 11.8 Å². The Bertz CT molecular complexity index is 957. The summed E-state index contributed by atoms with van der Waals surface area (Å²) < 4.78 is 1.56. The molecule has 0 spiro atoms. The van der Waals surface area contributed by atoms with Gasteiger partial charge in [-0.15, -0.1) is 5.10 Å². The van der Waals surface area contributed by atoms with Gasteiger partial charge in [0.05, 0.1) is 16.4 Å². The molecule has 0 fully saturated rings. The van der Waals surface area contributed by atoms with Gasteiger partial charge in [-0.25, -0.2) is 0 Å². The predicted molar refractivity (Wildman–Crippen MR) is 101 cm³/mol. The topological polar surface area (TPSA) is 116 Å². The van der Waals surface area contributed by atoms with Crippen LogP contribution in [0.15, 0.2) is 53.7 Å². The number of nitro benzene ring substituents is 1. The van der Waals surface area contributed by atoms with Crippen molar-refractivity contribution in [3.05, 3.63) is 64.2 Å². The Morgan fingerprint density at radius 2 is 2.04 bits per heavy atom. The maximum absolute atomic E-state index is 12.1. The lowest BCUT2D eigenvalue weighted by Crippen LogP contribution is -2.14. The number of non-ortho nitro benzene ring substituents is 1. The van der Waals surface area contributed by atoms with Crippen LogP contribution in [0.2, 0.25) is 0 Å². The number of anilines is 1. The van der Waals surface area contributed by atoms with E-state index in [9.17, 15) is 14.9 Å². The number of hydrogen-bond acceptors (Lipinski definition) is 7. The smallest absolute Gasteiger partial charge is 0.271 e. The molecular formula is C17H16N6O3S. The SMILES string of the molecule is CCc1ccc(-n2nnnc2SCC(=O)Nc2cccc([N+](=O)[O-])c2)cc1. The second-order valence-corrected chi connectivity index (χ2v) is 6.48. The van der Waals surface area contributed by atoms with E-state index >= 15 is 0 Å². The molecule has 0 aliphatic rings. The Kier molecular flexibility index (Phi) is 5.77. The summed E-state index contributed by atoms with van der Waals surface area (Å²) >= 11 is 1.18. The first-order valence-electron chi connectivity index (χ1n) is 8.11. The Hall–Kier alpha value is -3.27. The molecule has 1 N–H and O–H groups in total. The Balaban J connectivity index is 1.63. The highest BCUT2D eigenvalue weighted by molar-refractivity contribution is 7.99. The molecule has 1 aromatic heterocycles. The lowest BCUT2D eigenvalue weighted by Gasteiger charge is -2.06. The second kappa shape index (κ2) is 8.41. The predicted octanol–water partition coefficient (Wildman–Crippen LogP) is 2.86. The average molecular weight is 384 g/mol. The molecule has 0 bridgehead atoms. The van der Waals surface area contributed by atoms with Crippen molar-refractivity contribution in [2.75, 3.05) is 11.1 Å². The van der Waals surface area contributed by atoms with Gasteiger partial charge in [-0.1, -0.05) is 36.9 Å². The summed E-state index contributed by atoms with van der Waals surface area (Å²) in [6, 6.07) is 13.6. The summed E-state index contributed by atoms with van der Waals surface area (Å²) in [5.74, 6) is -0.243. The molecule has 0 aliphatic heterocycles. The van der Waals surface area contributed by atoms with E-state index in [2.05, 4.69) is 27.8 Å². The molecule has 10 heteroatoms. The summed E-state index contributed by atoms with van der Waals surface area (Å²) in [4.78, 5) is 22.4. The minimum absolute atomic E-state index is 0.0656. The zero-order valence-electron chi connectivity index (χ0n) is 14.4. The number of thioether (sulfide) groups is 1. The summed E-state index contributed by atoms with van der Waals surface area (Å²) in [7, 11) is 0. The molecule has 3 aromatic rings. The third-order valence-electron chi connectivity index (χ3n) is 3.70. The highest BCUT2D eigenvalue weighted by Crippen LogP contribution is 2.20. The molecule has 0 unspecified atom stereocenters. The third kappa shape index (κ3) is 4.67. The first-order valence-corrected chi connectivity index (χ1v) is 9.10. The van der Waals surface area contributed by atoms with E-state index in [1.165, 1.54) is 35.5 Å². The van der Waals surface area contributed by atoms with E-state index in [0.717, 1.165) is 12.1 Å². The molecule has 138 valence electrons. The second-order valence-electron chi connectivity index (χ2n) is 5.54. The lowest BCUT2D eigenvalue weighted by atomic mass is 10.1. The monoisotopic (exact) mass is 384 g/mol. The normalized spacial score (nSPS) is 10.6. The van der Waals surface area contributed by atoms with Crippen molar-refractivity contribution in [3.8, 4) is 5.69 Å². The van der Waals surface area contributed by atoms with Crippen LogP contribution < -0.4 is 5.32 Å². The molecule has 9 nitrogen and oxygen atoms in total. The molecule has 0 saturated heterocycles. The highest BCUT2D eigenvalue weighted by atomic mass is 32.2. The zero-order chi connectivity index (χ0) is 19.2. The quantitative estimate of drug-likeness (QED) is 0.378. The van der Waals surface area contributed by atoms with Crippen LogP contribution in [0.5, 0.6) is 0 Å². The number of benzene rings is 2. The van der Waals surface area contributed by atoms with Gasteiger partial charge in [-0.05, 0) is 40.6 Å². The molecule has 27 heavy (non-hydrogen) atoms. The van der Waals surface area contributed by atoms with Gasteiger partial charge in [-0.2, -0.15) is 4.68 Å². The van der Waals surface area contributed by atoms with Crippen molar-refractivity contribution in [2.45, 2.75) is 18.5 Å². The average Bonchev–Trinajstić information content (AvgIpc) is 3.15. The number of carbonyl (C=O) groups is 1. The molecule has 0 aliphatic carbocycles. The van der Waals surface area contributed by atoms with Crippen molar-refractivity contribution in [1.82, 2.24) is 20.2 Å². The lowest BCUT2D eigenvalue weighted by molar-refractivity contribution is -0.384. The number of hydrogen-bond donors (Lipinski definition) is 1. The van der Waals surface area contributed by atoms with Crippen LogP contribution in [-0.4, -0.2) is 36.8 Å². The van der Waals surface area contributed by atoms with Crippen LogP contribution in [0, 0.1) is 10.1 Å². The van der Waals surface area contributed by atoms with Gasteiger partial charge in [0.25, 0.3) is 5.69 Å². The minimum Gasteiger partial charge on any atom is -0.325 e. The molecule has 1 heterocycles. The van der Waals surface area contributed by atoms with Gasteiger partial charge < -0.3 is 5.32 Å². The maximum Gasteiger partial charge on any atom is 0.271 e. The van der Waals surface area contributed by atoms with Crippen molar-refractivity contribution in [2.24, 2.45) is 0 Å². The molecule has 3 rings (SSSR count). The largest absolute Gasteiger partial charge is 0.325 e. The zero-order valence-corrected chi connectivity index (χ0v) is 15.2. The highest BCUT2D eigenvalue weighted by Gasteiger charge is 2.13. The van der Waals surface area contributed by atoms with Gasteiger partial charge in [0, 0.05) is 17.8 Å². The van der Waals surface area contributed by atoms with Gasteiger partial charge >= 0.3 is 0 Å². The molecule has 0 atom stereocenters. The molecule has 1 amide bonds. The van der Waals surface area contributed by atoms with E-state index in [-0.39, 0.29) is 17.3 Å². The van der Waals surface area contributed by atoms with Crippen LogP contribution in [0.4, 0.5) is 11.4 Å². The van der Waals surface area contributed by atoms with Crippen LogP contribution in [0.3, 0.4) is 0 Å². The van der Waals surface area contributed by atoms with Crippen molar-refractivity contribution in [3.63, 3.8) is 0 Å². The Labute approximate surface area is 158 Å². The van der Waals surface area contributed by atoms with Crippen molar-refractivity contribution < 1.29 is 9.72 Å². The van der Waals surface area contributed by atoms with Crippen LogP contribution in [-0.2, 0) is 11.2 Å². The number of rotatable bonds is 7. The number of aromatic nitrogens is 4. The van der Waals surface area contributed by atoms with Crippen molar-refractivity contribution in [1.29, 1.82) is 0 Å². The molecule has 0 radical (unpaired) electrons. The number of tetrazole rings is 1. The first kappa shape index (κ1) is 18.5. The Morgan fingerprint density at radius 1 is 1.26 bits per heavy atom. The number of nitrogens with one attached hydrogen (secondary N) is 1. The fourth-order valence-electron chi connectivity index (χ4n) is 2.33. The minimum atomic E-state index is -0.512. The molecular weight excluding hydrogens is 368 g/mol. The van der Waals surface area contributed by atoms with Crippen LogP contribution in [0.25, 0.3) is 5.69 Å². The van der Waals surface area contributed by atoms with E-state index in [0.29, 0.717) is 10.8 Å². The van der Waals surface area contributed by atoms with E-state index in [1.54, 1.807) is 10.7 Å². The van der Waals surface area contributed by atoms with Gasteiger partial charge in [0.1, 0.15) is 0 Å². The van der Waals surface area contributed by atoms with E-state index in [1.807, 2.05) is 24.3 Å². The summed E-state index contributed by atoms with van der Waals surface area (Å²) in [6.07, 6.45) is 0.940.